The average Bonchev–Trinajstić information content (AvgIpc) is 2.12. The number of halogens is 2. The molecule has 1 aromatic rings. The molecule has 0 saturated carbocycles. The summed E-state index contributed by atoms with van der Waals surface area (Å²) in [7, 11) is 0. The molecule has 0 aliphatic carbocycles. The lowest BCUT2D eigenvalue weighted by Crippen LogP contribution is -2.00. The summed E-state index contributed by atoms with van der Waals surface area (Å²) in [6.45, 7) is 3.40. The Hall–Kier alpha value is -1.16. The van der Waals surface area contributed by atoms with Gasteiger partial charge in [-0.15, -0.1) is 0 Å². The Labute approximate surface area is 81.1 Å². The Morgan fingerprint density at radius 3 is 2.57 bits per heavy atom. The molecule has 1 unspecified atom stereocenters. The quantitative estimate of drug-likeness (QED) is 0.815. The van der Waals surface area contributed by atoms with Gasteiger partial charge in [-0.2, -0.15) is 4.39 Å². The summed E-state index contributed by atoms with van der Waals surface area (Å²) in [6, 6.07) is 2.26. The van der Waals surface area contributed by atoms with Gasteiger partial charge in [0.1, 0.15) is 0 Å². The van der Waals surface area contributed by atoms with Crippen molar-refractivity contribution in [2.24, 2.45) is 0 Å². The molecule has 0 fully saturated rings. The van der Waals surface area contributed by atoms with Gasteiger partial charge in [-0.25, -0.2) is 4.39 Å². The molecule has 0 aliphatic heterocycles. The maximum Gasteiger partial charge on any atom is 0.200 e. The molecule has 4 heteroatoms. The lowest BCUT2D eigenvalue weighted by atomic mass is 10.1. The first-order valence-electron chi connectivity index (χ1n) is 4.36. The highest BCUT2D eigenvalue weighted by Crippen LogP contribution is 2.25. The van der Waals surface area contributed by atoms with E-state index in [0.29, 0.717) is 5.56 Å². The van der Waals surface area contributed by atoms with E-state index in [1.54, 1.807) is 6.92 Å². The third-order valence-corrected chi connectivity index (χ3v) is 1.80. The van der Waals surface area contributed by atoms with Crippen molar-refractivity contribution in [3.8, 4) is 5.75 Å². The second-order valence-electron chi connectivity index (χ2n) is 2.92. The van der Waals surface area contributed by atoms with E-state index >= 15 is 0 Å². The van der Waals surface area contributed by atoms with Gasteiger partial charge in [-0.05, 0) is 31.5 Å². The molecule has 0 aliphatic rings. The van der Waals surface area contributed by atoms with Gasteiger partial charge in [0.2, 0.25) is 5.82 Å². The van der Waals surface area contributed by atoms with E-state index < -0.39 is 17.7 Å². The van der Waals surface area contributed by atoms with Gasteiger partial charge >= 0.3 is 0 Å². The fourth-order valence-corrected chi connectivity index (χ4v) is 1.09. The summed E-state index contributed by atoms with van der Waals surface area (Å²) in [6.07, 6.45) is -0.843. The normalized spacial score (nSPS) is 12.6. The van der Waals surface area contributed by atoms with Crippen LogP contribution in [0.25, 0.3) is 0 Å². The molecule has 0 radical (unpaired) electrons. The van der Waals surface area contributed by atoms with Crippen LogP contribution in [-0.4, -0.2) is 11.7 Å². The Morgan fingerprint density at radius 2 is 2.07 bits per heavy atom. The van der Waals surface area contributed by atoms with Gasteiger partial charge in [-0.1, -0.05) is 0 Å². The third-order valence-electron chi connectivity index (χ3n) is 1.80. The van der Waals surface area contributed by atoms with E-state index in [1.807, 2.05) is 0 Å². The molecule has 1 atom stereocenters. The molecule has 1 aromatic carbocycles. The summed E-state index contributed by atoms with van der Waals surface area (Å²) in [5.41, 5.74) is 0.298. The molecule has 2 nitrogen and oxygen atoms in total. The minimum atomic E-state index is -1.02. The van der Waals surface area contributed by atoms with E-state index in [4.69, 9.17) is 4.74 Å². The molecule has 1 rings (SSSR count). The Bertz CT molecular complexity index is 324. The third kappa shape index (κ3) is 2.20. The molecule has 0 saturated heterocycles. The van der Waals surface area contributed by atoms with Gasteiger partial charge in [0.15, 0.2) is 11.6 Å². The van der Waals surface area contributed by atoms with Crippen LogP contribution in [0, 0.1) is 11.6 Å². The number of hydrogen-bond donors (Lipinski definition) is 1. The molecule has 78 valence electrons. The van der Waals surface area contributed by atoms with Crippen LogP contribution in [0.2, 0.25) is 0 Å². The van der Waals surface area contributed by atoms with E-state index in [9.17, 15) is 13.9 Å². The first-order valence-corrected chi connectivity index (χ1v) is 4.36. The van der Waals surface area contributed by atoms with Crippen molar-refractivity contribution in [1.29, 1.82) is 0 Å². The van der Waals surface area contributed by atoms with Crippen molar-refractivity contribution in [1.82, 2.24) is 0 Å². The molecule has 14 heavy (non-hydrogen) atoms. The SMILES string of the molecule is CCOc1cc(C(C)O)cc(F)c1F. The summed E-state index contributed by atoms with van der Waals surface area (Å²) >= 11 is 0. The zero-order valence-electron chi connectivity index (χ0n) is 8.05. The number of ether oxygens (including phenoxy) is 1. The Morgan fingerprint density at radius 1 is 1.43 bits per heavy atom. The maximum absolute atomic E-state index is 13.1. The largest absolute Gasteiger partial charge is 0.491 e. The molecule has 0 bridgehead atoms. The van der Waals surface area contributed by atoms with Crippen molar-refractivity contribution in [3.05, 3.63) is 29.3 Å². The summed E-state index contributed by atoms with van der Waals surface area (Å²) in [4.78, 5) is 0. The van der Waals surface area contributed by atoms with Crippen LogP contribution in [0.4, 0.5) is 8.78 Å². The zero-order valence-corrected chi connectivity index (χ0v) is 8.05. The smallest absolute Gasteiger partial charge is 0.200 e. The number of aliphatic hydroxyl groups is 1. The standard InChI is InChI=1S/C10H12F2O2/c1-3-14-9-5-7(6(2)13)4-8(11)10(9)12/h4-6,13H,3H2,1-2H3. The highest BCUT2D eigenvalue weighted by atomic mass is 19.2. The monoisotopic (exact) mass is 202 g/mol. The Balaban J connectivity index is 3.14. The zero-order chi connectivity index (χ0) is 10.7. The topological polar surface area (TPSA) is 29.5 Å². The highest BCUT2D eigenvalue weighted by molar-refractivity contribution is 5.32. The predicted octanol–water partition coefficient (Wildman–Crippen LogP) is 2.42. The molecule has 0 amide bonds. The van der Waals surface area contributed by atoms with Crippen LogP contribution < -0.4 is 4.74 Å². The van der Waals surface area contributed by atoms with Gasteiger partial charge in [0, 0.05) is 0 Å². The number of rotatable bonds is 3. The lowest BCUT2D eigenvalue weighted by Gasteiger charge is -2.10. The van der Waals surface area contributed by atoms with Gasteiger partial charge in [-0.3, -0.25) is 0 Å². The van der Waals surface area contributed by atoms with E-state index in [1.165, 1.54) is 13.0 Å². The van der Waals surface area contributed by atoms with Crippen LogP contribution in [0.5, 0.6) is 5.75 Å². The fourth-order valence-electron chi connectivity index (χ4n) is 1.09. The maximum atomic E-state index is 13.1. The first kappa shape index (κ1) is 10.9. The summed E-state index contributed by atoms with van der Waals surface area (Å²) in [5, 5.41) is 9.19. The summed E-state index contributed by atoms with van der Waals surface area (Å²) in [5.74, 6) is -2.19. The van der Waals surface area contributed by atoms with E-state index in [-0.39, 0.29) is 12.4 Å². The number of hydrogen-bond acceptors (Lipinski definition) is 2. The van der Waals surface area contributed by atoms with Crippen LogP contribution in [0.15, 0.2) is 12.1 Å². The summed E-state index contributed by atoms with van der Waals surface area (Å²) < 4.78 is 30.9. The minimum absolute atomic E-state index is 0.164. The van der Waals surface area contributed by atoms with E-state index in [2.05, 4.69) is 0 Å². The van der Waals surface area contributed by atoms with Crippen molar-refractivity contribution < 1.29 is 18.6 Å². The Kier molecular flexibility index (Phi) is 3.41. The molecule has 0 aromatic heterocycles. The van der Waals surface area contributed by atoms with Gasteiger partial charge < -0.3 is 9.84 Å². The van der Waals surface area contributed by atoms with Crippen molar-refractivity contribution in [2.75, 3.05) is 6.61 Å². The molecular formula is C10H12F2O2. The fraction of sp³-hybridized carbons (Fsp3) is 0.400. The van der Waals surface area contributed by atoms with Crippen LogP contribution >= 0.6 is 0 Å². The second-order valence-corrected chi connectivity index (χ2v) is 2.92. The molecule has 1 N–H and O–H groups in total. The van der Waals surface area contributed by atoms with Crippen molar-refractivity contribution in [2.45, 2.75) is 20.0 Å². The van der Waals surface area contributed by atoms with Gasteiger partial charge in [0.25, 0.3) is 0 Å². The van der Waals surface area contributed by atoms with Crippen molar-refractivity contribution in [3.63, 3.8) is 0 Å². The predicted molar refractivity (Wildman–Crippen MR) is 48.2 cm³/mol. The first-order chi connectivity index (χ1) is 6.56. The van der Waals surface area contributed by atoms with E-state index in [0.717, 1.165) is 6.07 Å². The number of aliphatic hydroxyl groups excluding tert-OH is 1. The van der Waals surface area contributed by atoms with Crippen LogP contribution in [0.3, 0.4) is 0 Å². The van der Waals surface area contributed by atoms with Crippen molar-refractivity contribution >= 4 is 0 Å². The lowest BCUT2D eigenvalue weighted by molar-refractivity contribution is 0.197. The molecule has 0 spiro atoms. The minimum Gasteiger partial charge on any atom is -0.491 e. The van der Waals surface area contributed by atoms with Gasteiger partial charge in [0.05, 0.1) is 12.7 Å². The number of benzene rings is 1. The van der Waals surface area contributed by atoms with Crippen LogP contribution in [0.1, 0.15) is 25.5 Å². The van der Waals surface area contributed by atoms with Crippen LogP contribution in [-0.2, 0) is 0 Å². The average molecular weight is 202 g/mol. The highest BCUT2D eigenvalue weighted by Gasteiger charge is 2.13. The molecule has 0 heterocycles. The second kappa shape index (κ2) is 4.37. The molecular weight excluding hydrogens is 190 g/mol.